The first-order chi connectivity index (χ1) is 21.1. The second-order valence-electron chi connectivity index (χ2n) is 13.0. The number of nitrogens with one attached hydrogen (secondary N) is 1. The van der Waals surface area contributed by atoms with Crippen molar-refractivity contribution in [3.63, 3.8) is 0 Å². The maximum atomic E-state index is 13.7. The molecule has 9 heteroatoms. The lowest BCUT2D eigenvalue weighted by atomic mass is 9.79. The Morgan fingerprint density at radius 3 is 2.41 bits per heavy atom. The molecule has 0 bridgehead atoms. The van der Waals surface area contributed by atoms with Crippen molar-refractivity contribution >= 4 is 40.3 Å². The first-order valence-electron chi connectivity index (χ1n) is 15.9. The van der Waals surface area contributed by atoms with Gasteiger partial charge < -0.3 is 19.9 Å². The number of methoxy groups -OCH3 is 1. The summed E-state index contributed by atoms with van der Waals surface area (Å²) in [5.41, 5.74) is 1.92. The van der Waals surface area contributed by atoms with E-state index >= 15 is 0 Å². The Labute approximate surface area is 266 Å². The van der Waals surface area contributed by atoms with Crippen LogP contribution in [0, 0.1) is 11.8 Å². The van der Waals surface area contributed by atoms with Crippen LogP contribution >= 0.6 is 11.8 Å². The number of fused-ring (bicyclic) bond motifs is 1. The molecule has 0 unspecified atom stereocenters. The topological polar surface area (TPSA) is 87.7 Å². The van der Waals surface area contributed by atoms with Crippen LogP contribution in [0.15, 0.2) is 48.5 Å². The van der Waals surface area contributed by atoms with E-state index in [-0.39, 0.29) is 17.2 Å². The number of thioether (sulfide) groups is 1. The molecule has 2 aliphatic rings. The second-order valence-corrected chi connectivity index (χ2v) is 14.8. The lowest BCUT2D eigenvalue weighted by molar-refractivity contribution is -0.139. The molecule has 0 radical (unpaired) electrons. The minimum atomic E-state index is -0.554. The molecule has 44 heavy (non-hydrogen) atoms. The Balaban J connectivity index is 1.12. The van der Waals surface area contributed by atoms with Crippen molar-refractivity contribution < 1.29 is 14.3 Å². The number of rotatable bonds is 10. The molecule has 1 saturated heterocycles. The molecule has 3 aromatic rings. The van der Waals surface area contributed by atoms with Gasteiger partial charge in [-0.1, -0.05) is 49.6 Å². The highest BCUT2D eigenvalue weighted by atomic mass is 32.2. The summed E-state index contributed by atoms with van der Waals surface area (Å²) >= 11 is 1.65. The lowest BCUT2D eigenvalue weighted by Crippen LogP contribution is -2.53. The smallest absolute Gasteiger partial charge is 0.244 e. The number of aryl methyl sites for hydroxylation is 1. The molecule has 2 aromatic carbocycles. The number of ether oxygens (including phenoxy) is 1. The fraction of sp³-hybridized carbons (Fsp3) is 0.543. The molecule has 0 spiro atoms. The van der Waals surface area contributed by atoms with Gasteiger partial charge in [-0.15, -0.1) is 11.8 Å². The summed E-state index contributed by atoms with van der Waals surface area (Å²) in [7, 11) is 5.71. The Morgan fingerprint density at radius 2 is 1.70 bits per heavy atom. The summed E-state index contributed by atoms with van der Waals surface area (Å²) in [5, 5.41) is 4.06. The van der Waals surface area contributed by atoms with Crippen LogP contribution in [0.2, 0.25) is 0 Å². The van der Waals surface area contributed by atoms with Crippen molar-refractivity contribution in [2.45, 2.75) is 81.9 Å². The van der Waals surface area contributed by atoms with Gasteiger partial charge in [0.15, 0.2) is 0 Å². The molecule has 236 valence electrons. The summed E-state index contributed by atoms with van der Waals surface area (Å²) in [4.78, 5) is 40.1. The van der Waals surface area contributed by atoms with Crippen LogP contribution in [0.1, 0.15) is 76.1 Å². The molecular weight excluding hydrogens is 570 g/mol. The summed E-state index contributed by atoms with van der Waals surface area (Å²) in [6.45, 7) is 6.33. The summed E-state index contributed by atoms with van der Waals surface area (Å²) < 4.78 is 5.16. The highest BCUT2D eigenvalue weighted by Gasteiger charge is 2.53. The number of carbonyl (C=O) groups excluding carboxylic acids is 2. The van der Waals surface area contributed by atoms with Crippen molar-refractivity contribution in [1.29, 1.82) is 0 Å². The van der Waals surface area contributed by atoms with Gasteiger partial charge in [-0.25, -0.2) is 9.97 Å². The van der Waals surface area contributed by atoms with Crippen molar-refractivity contribution in [3.05, 3.63) is 59.9 Å². The minimum Gasteiger partial charge on any atom is -0.496 e. The first-order valence-corrected chi connectivity index (χ1v) is 16.8. The van der Waals surface area contributed by atoms with Crippen LogP contribution in [0.3, 0.4) is 0 Å². The molecule has 1 saturated carbocycles. The predicted octanol–water partition coefficient (Wildman–Crippen LogP) is 6.39. The number of amides is 2. The number of benzene rings is 2. The van der Waals surface area contributed by atoms with Gasteiger partial charge in [-0.2, -0.15) is 0 Å². The maximum absolute atomic E-state index is 13.7. The zero-order valence-corrected chi connectivity index (χ0v) is 27.8. The highest BCUT2D eigenvalue weighted by molar-refractivity contribution is 8.01. The van der Waals surface area contributed by atoms with E-state index < -0.39 is 10.8 Å². The molecule has 1 aromatic heterocycles. The maximum Gasteiger partial charge on any atom is 0.244 e. The zero-order valence-electron chi connectivity index (χ0n) is 27.0. The van der Waals surface area contributed by atoms with Crippen LogP contribution in [0.25, 0.3) is 10.9 Å². The van der Waals surface area contributed by atoms with Crippen LogP contribution in [-0.2, 0) is 16.0 Å². The normalized spacial score (nSPS) is 23.0. The third-order valence-corrected chi connectivity index (χ3v) is 10.8. The monoisotopic (exact) mass is 617 g/mol. The number of anilines is 1. The minimum absolute atomic E-state index is 0.0651. The Kier molecular flexibility index (Phi) is 10.0. The molecule has 1 aliphatic carbocycles. The number of hydrogen-bond acceptors (Lipinski definition) is 7. The molecule has 1 aliphatic heterocycles. The highest BCUT2D eigenvalue weighted by Crippen LogP contribution is 2.54. The van der Waals surface area contributed by atoms with E-state index in [9.17, 15) is 9.59 Å². The summed E-state index contributed by atoms with van der Waals surface area (Å²) in [6, 6.07) is 15.4. The summed E-state index contributed by atoms with van der Waals surface area (Å²) in [6.07, 6.45) is 7.75. The molecular formula is C35H47N5O3S. The van der Waals surface area contributed by atoms with E-state index in [2.05, 4.69) is 36.2 Å². The van der Waals surface area contributed by atoms with Gasteiger partial charge in [0, 0.05) is 49.7 Å². The fourth-order valence-corrected chi connectivity index (χ4v) is 8.56. The number of carbonyl (C=O) groups is 2. The molecule has 8 nitrogen and oxygen atoms in total. The van der Waals surface area contributed by atoms with Gasteiger partial charge in [0.25, 0.3) is 0 Å². The van der Waals surface area contributed by atoms with Crippen molar-refractivity contribution in [1.82, 2.24) is 20.2 Å². The quantitative estimate of drug-likeness (QED) is 0.282. The van der Waals surface area contributed by atoms with Crippen LogP contribution < -0.4 is 15.0 Å². The van der Waals surface area contributed by atoms with E-state index in [0.717, 1.165) is 59.5 Å². The zero-order chi connectivity index (χ0) is 31.4. The lowest BCUT2D eigenvalue weighted by Gasteiger charge is -2.33. The third-order valence-electron chi connectivity index (χ3n) is 9.22. The predicted molar refractivity (Wildman–Crippen MR) is 179 cm³/mol. The molecule has 2 heterocycles. The summed E-state index contributed by atoms with van der Waals surface area (Å²) in [5.74, 6) is 3.63. The SMILES string of the molecule is COc1ccccc1[C@@H]1SC(C)(C)[C@H](C(=O)NCC2CCC(CCCc3nc(N(C)C)c4ccccc4n3)CC2)N1C(C)=O. The van der Waals surface area contributed by atoms with Gasteiger partial charge >= 0.3 is 0 Å². The number of para-hydroxylation sites is 2. The fourth-order valence-electron chi connectivity index (χ4n) is 6.93. The Bertz CT molecular complexity index is 1470. The van der Waals surface area contributed by atoms with E-state index in [1.165, 1.54) is 19.3 Å². The Morgan fingerprint density at radius 1 is 1.02 bits per heavy atom. The van der Waals surface area contributed by atoms with Crippen molar-refractivity contribution in [2.24, 2.45) is 11.8 Å². The van der Waals surface area contributed by atoms with Gasteiger partial charge in [0.1, 0.15) is 28.8 Å². The number of nitrogens with zero attached hydrogens (tertiary/aromatic N) is 4. The van der Waals surface area contributed by atoms with Gasteiger partial charge in [0.05, 0.1) is 12.6 Å². The first kappa shape index (κ1) is 32.1. The van der Waals surface area contributed by atoms with Gasteiger partial charge in [-0.05, 0) is 63.1 Å². The van der Waals surface area contributed by atoms with E-state index in [1.807, 2.05) is 50.5 Å². The molecule has 5 rings (SSSR count). The molecule has 2 amide bonds. The van der Waals surface area contributed by atoms with Gasteiger partial charge in [-0.3, -0.25) is 9.59 Å². The molecule has 2 fully saturated rings. The van der Waals surface area contributed by atoms with E-state index in [0.29, 0.717) is 18.4 Å². The van der Waals surface area contributed by atoms with Crippen LogP contribution in [0.5, 0.6) is 5.75 Å². The van der Waals surface area contributed by atoms with Crippen molar-refractivity contribution in [2.75, 3.05) is 32.6 Å². The molecule has 1 N–H and O–H groups in total. The van der Waals surface area contributed by atoms with Crippen LogP contribution in [-0.4, -0.2) is 65.2 Å². The van der Waals surface area contributed by atoms with Crippen molar-refractivity contribution in [3.8, 4) is 5.75 Å². The second kappa shape index (κ2) is 13.8. The standard InChI is InChI=1S/C35H47N5O3S/c1-23(41)40-31(35(2,3)44-34(40)27-14-8-10-16-29(27)43-6)33(42)36-22-25-20-18-24(19-21-25)12-11-17-30-37-28-15-9-7-13-26(28)32(38-30)39(4)5/h7-10,13-16,24-25,31,34H,11-12,17-22H2,1-6H3,(H,36,42)/t24?,25?,31-,34-/m0/s1. The van der Waals surface area contributed by atoms with E-state index in [4.69, 9.17) is 14.7 Å². The average Bonchev–Trinajstić information content (AvgIpc) is 3.31. The average molecular weight is 618 g/mol. The third kappa shape index (κ3) is 6.98. The largest absolute Gasteiger partial charge is 0.496 e. The number of aromatic nitrogens is 2. The van der Waals surface area contributed by atoms with Gasteiger partial charge in [0.2, 0.25) is 11.8 Å². The molecule has 2 atom stereocenters. The van der Waals surface area contributed by atoms with E-state index in [1.54, 1.807) is 30.7 Å². The Hall–Kier alpha value is -3.33. The van der Waals surface area contributed by atoms with Crippen LogP contribution in [0.4, 0.5) is 5.82 Å². The number of hydrogen-bond donors (Lipinski definition) is 1.